The lowest BCUT2D eigenvalue weighted by molar-refractivity contribution is 0.0338. The van der Waals surface area contributed by atoms with Crippen molar-refractivity contribution >= 4 is 5.78 Å². The van der Waals surface area contributed by atoms with Crippen molar-refractivity contribution in [2.75, 3.05) is 13.7 Å². The second kappa shape index (κ2) is 6.37. The van der Waals surface area contributed by atoms with Crippen LogP contribution in [0.15, 0.2) is 18.2 Å². The molecule has 2 aliphatic heterocycles. The molecule has 2 heterocycles. The van der Waals surface area contributed by atoms with Crippen molar-refractivity contribution < 1.29 is 13.9 Å². The number of halogens is 1. The molecule has 4 heteroatoms. The predicted molar refractivity (Wildman–Crippen MR) is 83.8 cm³/mol. The Bertz CT molecular complexity index is 546. The Morgan fingerprint density at radius 1 is 1.27 bits per heavy atom. The molecule has 3 rings (SSSR count). The number of rotatable bonds is 4. The van der Waals surface area contributed by atoms with Gasteiger partial charge in [0.2, 0.25) is 0 Å². The summed E-state index contributed by atoms with van der Waals surface area (Å²) in [5.41, 5.74) is 0.455. The maximum Gasteiger partial charge on any atom is 0.166 e. The molecule has 0 spiro atoms. The molecule has 1 aromatic rings. The van der Waals surface area contributed by atoms with Crippen molar-refractivity contribution in [1.29, 1.82) is 0 Å². The van der Waals surface area contributed by atoms with E-state index in [1.807, 2.05) is 6.92 Å². The van der Waals surface area contributed by atoms with Crippen molar-refractivity contribution in [1.82, 2.24) is 4.90 Å². The topological polar surface area (TPSA) is 29.5 Å². The minimum atomic E-state index is -0.401. The fraction of sp³-hybridized carbons (Fsp3) is 0.611. The van der Waals surface area contributed by atoms with Crippen molar-refractivity contribution in [3.63, 3.8) is 0 Å². The zero-order valence-corrected chi connectivity index (χ0v) is 13.3. The number of nitrogens with zero attached hydrogens (tertiary/aromatic N) is 1. The van der Waals surface area contributed by atoms with Crippen LogP contribution >= 0.6 is 0 Å². The molecular weight excluding hydrogens is 281 g/mol. The molecule has 2 saturated heterocycles. The summed E-state index contributed by atoms with van der Waals surface area (Å²) in [5.74, 6) is 0.134. The molecule has 1 aromatic carbocycles. The highest BCUT2D eigenvalue weighted by molar-refractivity contribution is 5.98. The van der Waals surface area contributed by atoms with E-state index in [0.29, 0.717) is 30.0 Å². The third kappa shape index (κ3) is 3.02. The van der Waals surface area contributed by atoms with E-state index in [-0.39, 0.29) is 11.7 Å². The van der Waals surface area contributed by atoms with E-state index in [4.69, 9.17) is 4.74 Å². The van der Waals surface area contributed by atoms with Crippen LogP contribution in [-0.4, -0.2) is 36.4 Å². The van der Waals surface area contributed by atoms with Gasteiger partial charge in [-0.3, -0.25) is 4.79 Å². The van der Waals surface area contributed by atoms with Gasteiger partial charge in [0.05, 0.1) is 6.61 Å². The Morgan fingerprint density at radius 3 is 2.59 bits per heavy atom. The van der Waals surface area contributed by atoms with Gasteiger partial charge < -0.3 is 9.64 Å². The molecule has 2 aliphatic rings. The van der Waals surface area contributed by atoms with Crippen molar-refractivity contribution in [3.8, 4) is 5.75 Å². The lowest BCUT2D eigenvalue weighted by Gasteiger charge is -2.46. The third-order valence-electron chi connectivity index (χ3n) is 5.18. The fourth-order valence-corrected chi connectivity index (χ4v) is 4.02. The summed E-state index contributed by atoms with van der Waals surface area (Å²) >= 11 is 0. The van der Waals surface area contributed by atoms with Crippen LogP contribution in [0.5, 0.6) is 5.75 Å². The molecule has 22 heavy (non-hydrogen) atoms. The summed E-state index contributed by atoms with van der Waals surface area (Å²) in [7, 11) is 2.17. The molecule has 0 saturated carbocycles. The number of hydrogen-bond donors (Lipinski definition) is 0. The summed E-state index contributed by atoms with van der Waals surface area (Å²) in [6, 6.07) is 5.37. The molecule has 0 amide bonds. The van der Waals surface area contributed by atoms with E-state index in [1.54, 1.807) is 6.07 Å². The Morgan fingerprint density at radius 2 is 1.95 bits per heavy atom. The normalized spacial score (nSPS) is 28.4. The summed E-state index contributed by atoms with van der Waals surface area (Å²) in [5, 5.41) is 0. The second-order valence-electron chi connectivity index (χ2n) is 6.55. The maximum atomic E-state index is 13.7. The van der Waals surface area contributed by atoms with Gasteiger partial charge in [-0.05, 0) is 51.8 Å². The van der Waals surface area contributed by atoms with Crippen LogP contribution in [0.25, 0.3) is 0 Å². The molecule has 0 aromatic heterocycles. The second-order valence-corrected chi connectivity index (χ2v) is 6.55. The summed E-state index contributed by atoms with van der Waals surface area (Å²) in [6.45, 7) is 2.32. The molecule has 2 atom stereocenters. The standard InChI is InChI=1S/C18H24FNO2/c1-3-22-17-10-12(7-14(19)11-17)18(21)13-8-15-5-4-6-16(9-13)20(15)2/h7,10-11,13,15-16H,3-6,8-9H2,1-2H3. The highest BCUT2D eigenvalue weighted by Crippen LogP contribution is 2.37. The molecule has 120 valence electrons. The number of hydrogen-bond acceptors (Lipinski definition) is 3. The van der Waals surface area contributed by atoms with E-state index in [9.17, 15) is 9.18 Å². The first kappa shape index (κ1) is 15.5. The molecular formula is C18H24FNO2. The first-order chi connectivity index (χ1) is 10.6. The number of Topliss-reactive ketones (excluding diaryl/α,β-unsaturated/α-hetero) is 1. The molecule has 2 unspecified atom stereocenters. The molecule has 0 radical (unpaired) electrons. The summed E-state index contributed by atoms with van der Waals surface area (Å²) in [6.07, 6.45) is 5.39. The first-order valence-electron chi connectivity index (χ1n) is 8.28. The third-order valence-corrected chi connectivity index (χ3v) is 5.18. The Hall–Kier alpha value is -1.42. The quantitative estimate of drug-likeness (QED) is 0.795. The Balaban J connectivity index is 1.79. The summed E-state index contributed by atoms with van der Waals surface area (Å²) < 4.78 is 19.1. The lowest BCUT2D eigenvalue weighted by Crippen LogP contribution is -2.51. The van der Waals surface area contributed by atoms with E-state index in [0.717, 1.165) is 12.8 Å². The highest BCUT2D eigenvalue weighted by Gasteiger charge is 2.38. The van der Waals surface area contributed by atoms with E-state index < -0.39 is 5.82 Å². The van der Waals surface area contributed by atoms with Crippen LogP contribution in [0, 0.1) is 11.7 Å². The maximum absolute atomic E-state index is 13.7. The number of benzene rings is 1. The van der Waals surface area contributed by atoms with Crippen LogP contribution in [0.3, 0.4) is 0 Å². The van der Waals surface area contributed by atoms with Crippen LogP contribution in [0.2, 0.25) is 0 Å². The number of ketones is 1. The first-order valence-corrected chi connectivity index (χ1v) is 8.28. The highest BCUT2D eigenvalue weighted by atomic mass is 19.1. The lowest BCUT2D eigenvalue weighted by atomic mass is 9.76. The molecule has 2 fully saturated rings. The van der Waals surface area contributed by atoms with Crippen LogP contribution in [0.4, 0.5) is 4.39 Å². The molecule has 0 aliphatic carbocycles. The van der Waals surface area contributed by atoms with Gasteiger partial charge in [-0.15, -0.1) is 0 Å². The molecule has 2 bridgehead atoms. The number of piperidine rings is 2. The van der Waals surface area contributed by atoms with Crippen LogP contribution in [-0.2, 0) is 0 Å². The number of carbonyl (C=O) groups is 1. The van der Waals surface area contributed by atoms with Crippen molar-refractivity contribution in [3.05, 3.63) is 29.6 Å². The largest absolute Gasteiger partial charge is 0.494 e. The van der Waals surface area contributed by atoms with Gasteiger partial charge in [0.25, 0.3) is 0 Å². The Labute approximate surface area is 131 Å². The zero-order chi connectivity index (χ0) is 15.7. The smallest absolute Gasteiger partial charge is 0.166 e. The van der Waals surface area contributed by atoms with Gasteiger partial charge in [0, 0.05) is 29.6 Å². The minimum absolute atomic E-state index is 0.0165. The van der Waals surface area contributed by atoms with Crippen LogP contribution < -0.4 is 4.74 Å². The number of fused-ring (bicyclic) bond motifs is 2. The fourth-order valence-electron chi connectivity index (χ4n) is 4.02. The van der Waals surface area contributed by atoms with Gasteiger partial charge in [0.15, 0.2) is 5.78 Å². The SMILES string of the molecule is CCOc1cc(F)cc(C(=O)C2CC3CCCC(C2)N3C)c1. The zero-order valence-electron chi connectivity index (χ0n) is 13.3. The number of carbonyl (C=O) groups excluding carboxylic acids is 1. The predicted octanol–water partition coefficient (Wildman–Crippen LogP) is 3.67. The Kier molecular flexibility index (Phi) is 4.48. The molecule has 0 N–H and O–H groups in total. The average molecular weight is 305 g/mol. The summed E-state index contributed by atoms with van der Waals surface area (Å²) in [4.78, 5) is 15.2. The van der Waals surface area contributed by atoms with Gasteiger partial charge in [-0.2, -0.15) is 0 Å². The van der Waals surface area contributed by atoms with Crippen molar-refractivity contribution in [2.24, 2.45) is 5.92 Å². The van der Waals surface area contributed by atoms with Gasteiger partial charge in [-0.25, -0.2) is 4.39 Å². The van der Waals surface area contributed by atoms with Gasteiger partial charge >= 0.3 is 0 Å². The van der Waals surface area contributed by atoms with Crippen molar-refractivity contribution in [2.45, 2.75) is 51.1 Å². The van der Waals surface area contributed by atoms with E-state index in [1.165, 1.54) is 31.4 Å². The van der Waals surface area contributed by atoms with E-state index in [2.05, 4.69) is 11.9 Å². The van der Waals surface area contributed by atoms with Gasteiger partial charge in [0.1, 0.15) is 11.6 Å². The van der Waals surface area contributed by atoms with Gasteiger partial charge in [-0.1, -0.05) is 6.42 Å². The van der Waals surface area contributed by atoms with Crippen LogP contribution in [0.1, 0.15) is 49.4 Å². The molecule has 3 nitrogen and oxygen atoms in total. The minimum Gasteiger partial charge on any atom is -0.494 e. The average Bonchev–Trinajstić information content (AvgIpc) is 2.46. The van der Waals surface area contributed by atoms with E-state index >= 15 is 0 Å². The number of ether oxygens (including phenoxy) is 1. The monoisotopic (exact) mass is 305 g/mol.